The third-order valence-corrected chi connectivity index (χ3v) is 5.20. The molecule has 4 heteroatoms. The summed E-state index contributed by atoms with van der Waals surface area (Å²) in [6, 6.07) is 11.7. The molecule has 17 heavy (non-hydrogen) atoms. The number of benzene rings is 1. The predicted molar refractivity (Wildman–Crippen MR) is 74.1 cm³/mol. The maximum Gasteiger partial charge on any atom is 0.0991 e. The highest BCUT2D eigenvalue weighted by molar-refractivity contribution is 8.02. The van der Waals surface area contributed by atoms with Crippen LogP contribution in [0.2, 0.25) is 19.6 Å². The van der Waals surface area contributed by atoms with Crippen molar-refractivity contribution in [3.8, 4) is 12.1 Å². The summed E-state index contributed by atoms with van der Waals surface area (Å²) in [7, 11) is -1.53. The lowest BCUT2D eigenvalue weighted by Gasteiger charge is -2.13. The van der Waals surface area contributed by atoms with Crippen LogP contribution in [0.15, 0.2) is 39.8 Å². The summed E-state index contributed by atoms with van der Waals surface area (Å²) in [4.78, 5) is 1.05. The Balaban J connectivity index is 2.83. The van der Waals surface area contributed by atoms with Gasteiger partial charge < -0.3 is 0 Å². The van der Waals surface area contributed by atoms with Crippen LogP contribution in [0.3, 0.4) is 0 Å². The van der Waals surface area contributed by atoms with Crippen LogP contribution in [0.25, 0.3) is 0 Å². The molecule has 0 amide bonds. The van der Waals surface area contributed by atoms with Gasteiger partial charge in [0.2, 0.25) is 0 Å². The summed E-state index contributed by atoms with van der Waals surface area (Å²) in [5.74, 6) is 0. The van der Waals surface area contributed by atoms with Crippen molar-refractivity contribution < 1.29 is 0 Å². The van der Waals surface area contributed by atoms with Crippen molar-refractivity contribution in [2.45, 2.75) is 24.5 Å². The largest absolute Gasteiger partial charge is 0.193 e. The van der Waals surface area contributed by atoms with Gasteiger partial charge in [0.25, 0.3) is 0 Å². The molecule has 0 aromatic heterocycles. The van der Waals surface area contributed by atoms with Gasteiger partial charge in [0.1, 0.15) is 0 Å². The summed E-state index contributed by atoms with van der Waals surface area (Å²) in [5, 5.41) is 20.6. The van der Waals surface area contributed by atoms with E-state index in [1.54, 1.807) is 12.1 Å². The molecule has 0 radical (unpaired) electrons. The van der Waals surface area contributed by atoms with E-state index < -0.39 is 8.07 Å². The van der Waals surface area contributed by atoms with Gasteiger partial charge in [-0.15, -0.1) is 0 Å². The van der Waals surface area contributed by atoms with E-state index in [0.29, 0.717) is 5.56 Å². The molecule has 0 aliphatic carbocycles. The molecule has 0 atom stereocenters. The van der Waals surface area contributed by atoms with Crippen LogP contribution < -0.4 is 0 Å². The summed E-state index contributed by atoms with van der Waals surface area (Å²) in [5.41, 5.74) is 0.657. The Morgan fingerprint density at radius 3 is 2.18 bits per heavy atom. The minimum Gasteiger partial charge on any atom is -0.193 e. The number of thioether (sulfide) groups is 1. The number of allylic oxidation sites excluding steroid dienone is 1. The van der Waals surface area contributed by atoms with Crippen molar-refractivity contribution >= 4 is 19.8 Å². The van der Waals surface area contributed by atoms with Crippen LogP contribution in [-0.4, -0.2) is 8.07 Å². The molecule has 1 aromatic carbocycles. The molecule has 0 N–H and O–H groups in total. The maximum absolute atomic E-state index is 9.08. The quantitative estimate of drug-likeness (QED) is 0.469. The Labute approximate surface area is 108 Å². The third kappa shape index (κ3) is 4.11. The zero-order chi connectivity index (χ0) is 12.9. The molecule has 0 saturated heterocycles. The average molecular weight is 258 g/mol. The van der Waals surface area contributed by atoms with Crippen molar-refractivity contribution in [3.05, 3.63) is 40.4 Å². The second kappa shape index (κ2) is 5.72. The maximum atomic E-state index is 9.08. The fourth-order valence-electron chi connectivity index (χ4n) is 1.11. The molecule has 0 aliphatic rings. The van der Waals surface area contributed by atoms with E-state index in [2.05, 4.69) is 31.8 Å². The average Bonchev–Trinajstić information content (AvgIpc) is 2.29. The topological polar surface area (TPSA) is 47.6 Å². The lowest BCUT2D eigenvalue weighted by atomic mass is 10.2. The van der Waals surface area contributed by atoms with E-state index >= 15 is 0 Å². The van der Waals surface area contributed by atoms with Crippen molar-refractivity contribution in [2.75, 3.05) is 0 Å². The Morgan fingerprint density at radius 1 is 1.18 bits per heavy atom. The van der Waals surface area contributed by atoms with Gasteiger partial charge in [0.05, 0.1) is 25.8 Å². The van der Waals surface area contributed by atoms with Crippen LogP contribution >= 0.6 is 11.8 Å². The van der Waals surface area contributed by atoms with Crippen LogP contribution in [0.5, 0.6) is 0 Å². The molecule has 2 nitrogen and oxygen atoms in total. The molecule has 0 aliphatic heterocycles. The lowest BCUT2D eigenvalue weighted by molar-refractivity contribution is 1.42. The molecular formula is C13H14N2SSi. The van der Waals surface area contributed by atoms with Gasteiger partial charge in [0, 0.05) is 10.1 Å². The summed E-state index contributed by atoms with van der Waals surface area (Å²) in [6.07, 6.45) is 0. The van der Waals surface area contributed by atoms with E-state index in [9.17, 15) is 0 Å². The second-order valence-corrected chi connectivity index (χ2v) is 10.6. The third-order valence-electron chi connectivity index (χ3n) is 2.22. The molecule has 0 saturated carbocycles. The first-order valence-electron chi connectivity index (χ1n) is 5.25. The normalized spacial score (nSPS) is 11.7. The van der Waals surface area contributed by atoms with E-state index in [4.69, 9.17) is 10.5 Å². The first-order valence-corrected chi connectivity index (χ1v) is 9.63. The van der Waals surface area contributed by atoms with E-state index in [1.165, 1.54) is 11.8 Å². The minimum atomic E-state index is -1.53. The highest BCUT2D eigenvalue weighted by Gasteiger charge is 2.19. The smallest absolute Gasteiger partial charge is 0.0991 e. The second-order valence-electron chi connectivity index (χ2n) is 4.65. The zero-order valence-electron chi connectivity index (χ0n) is 10.2. The molecular weight excluding hydrogens is 244 g/mol. The van der Waals surface area contributed by atoms with Gasteiger partial charge in [0.15, 0.2) is 0 Å². The number of rotatable bonds is 3. The SMILES string of the molecule is C[Si](C)(C)/C(C#N)=C/Sc1ccc(C#N)cc1. The van der Waals surface area contributed by atoms with Gasteiger partial charge in [-0.25, -0.2) is 0 Å². The Hall–Kier alpha value is -1.49. The van der Waals surface area contributed by atoms with Crippen molar-refractivity contribution in [1.82, 2.24) is 0 Å². The van der Waals surface area contributed by atoms with Gasteiger partial charge >= 0.3 is 0 Å². The molecule has 0 spiro atoms. The monoisotopic (exact) mass is 258 g/mol. The molecule has 0 heterocycles. The zero-order valence-corrected chi connectivity index (χ0v) is 12.0. The van der Waals surface area contributed by atoms with E-state index in [0.717, 1.165) is 10.1 Å². The fourth-order valence-corrected chi connectivity index (χ4v) is 3.63. The number of hydrogen-bond donors (Lipinski definition) is 0. The first-order chi connectivity index (χ1) is 7.97. The van der Waals surface area contributed by atoms with Gasteiger partial charge in [-0.2, -0.15) is 10.5 Å². The van der Waals surface area contributed by atoms with Crippen LogP contribution in [-0.2, 0) is 0 Å². The van der Waals surface area contributed by atoms with E-state index in [-0.39, 0.29) is 0 Å². The fraction of sp³-hybridized carbons (Fsp3) is 0.231. The summed E-state index contributed by atoms with van der Waals surface area (Å²) < 4.78 is 0. The molecule has 1 rings (SSSR count). The number of hydrogen-bond acceptors (Lipinski definition) is 3. The predicted octanol–water partition coefficient (Wildman–Crippen LogP) is 3.94. The Bertz CT molecular complexity index is 498. The first kappa shape index (κ1) is 13.6. The highest BCUT2D eigenvalue weighted by Crippen LogP contribution is 2.24. The molecule has 0 unspecified atom stereocenters. The summed E-state index contributed by atoms with van der Waals surface area (Å²) in [6.45, 7) is 6.46. The highest BCUT2D eigenvalue weighted by atomic mass is 32.2. The minimum absolute atomic E-state index is 0.657. The van der Waals surface area contributed by atoms with E-state index in [1.807, 2.05) is 17.5 Å². The van der Waals surface area contributed by atoms with Gasteiger partial charge in [-0.05, 0) is 29.7 Å². The molecule has 86 valence electrons. The van der Waals surface area contributed by atoms with Crippen molar-refractivity contribution in [1.29, 1.82) is 10.5 Å². The lowest BCUT2D eigenvalue weighted by Crippen LogP contribution is -2.22. The Kier molecular flexibility index (Phi) is 4.57. The van der Waals surface area contributed by atoms with Crippen molar-refractivity contribution in [2.24, 2.45) is 0 Å². The molecule has 0 fully saturated rings. The number of nitrogens with zero attached hydrogens (tertiary/aromatic N) is 2. The Morgan fingerprint density at radius 2 is 1.76 bits per heavy atom. The number of nitriles is 2. The standard InChI is InChI=1S/C13H14N2SSi/c1-17(2,3)13(9-15)10-16-12-6-4-11(8-14)5-7-12/h4-7,10H,1-3H3/b13-10+. The summed E-state index contributed by atoms with van der Waals surface area (Å²) >= 11 is 1.54. The van der Waals surface area contributed by atoms with Gasteiger partial charge in [-0.1, -0.05) is 31.4 Å². The molecule has 0 bridgehead atoms. The van der Waals surface area contributed by atoms with Crippen LogP contribution in [0.1, 0.15) is 5.56 Å². The van der Waals surface area contributed by atoms with Crippen molar-refractivity contribution in [3.63, 3.8) is 0 Å². The van der Waals surface area contributed by atoms with Crippen LogP contribution in [0.4, 0.5) is 0 Å². The van der Waals surface area contributed by atoms with Gasteiger partial charge in [-0.3, -0.25) is 0 Å². The molecule has 1 aromatic rings. The van der Waals surface area contributed by atoms with Crippen LogP contribution in [0, 0.1) is 22.7 Å².